The van der Waals surface area contributed by atoms with Crippen LogP contribution in [-0.2, 0) is 4.79 Å². The second-order valence-electron chi connectivity index (χ2n) is 9.57. The van der Waals surface area contributed by atoms with E-state index in [0.29, 0.717) is 16.7 Å². The molecule has 1 aliphatic rings. The van der Waals surface area contributed by atoms with Crippen molar-refractivity contribution in [3.05, 3.63) is 137 Å². The number of amides is 1. The second-order valence-corrected chi connectivity index (χ2v) is 9.57. The molecule has 196 valence electrons. The molecule has 2 heterocycles. The molecule has 1 fully saturated rings. The summed E-state index contributed by atoms with van der Waals surface area (Å²) >= 11 is 0. The highest BCUT2D eigenvalue weighted by Crippen LogP contribution is 2.51. The molecule has 3 aromatic carbocycles. The highest BCUT2D eigenvalue weighted by Gasteiger charge is 2.57. The number of likely N-dealkylation sites (tertiary alicyclic amines) is 1. The van der Waals surface area contributed by atoms with Gasteiger partial charge in [-0.3, -0.25) is 14.6 Å². The van der Waals surface area contributed by atoms with Gasteiger partial charge in [0.2, 0.25) is 0 Å². The molecular weight excluding hydrogens is 502 g/mol. The van der Waals surface area contributed by atoms with E-state index in [0.717, 1.165) is 17.7 Å². The fraction of sp³-hybridized carbons (Fsp3) is 0.161. The average Bonchev–Trinajstić information content (AvgIpc) is 3.30. The van der Waals surface area contributed by atoms with Gasteiger partial charge in [0.05, 0.1) is 12.0 Å². The van der Waals surface area contributed by atoms with Crippen molar-refractivity contribution in [3.63, 3.8) is 0 Å². The number of ketones is 1. The molecule has 4 atom stereocenters. The highest BCUT2D eigenvalue weighted by atomic mass is 19.1. The molecule has 1 aliphatic heterocycles. The van der Waals surface area contributed by atoms with Crippen LogP contribution in [0.2, 0.25) is 0 Å². The number of carboxylic acid groups (broad SMARTS) is 1. The van der Waals surface area contributed by atoms with Crippen LogP contribution in [-0.4, -0.2) is 38.7 Å². The summed E-state index contributed by atoms with van der Waals surface area (Å²) in [6.45, 7) is 1.84. The second kappa shape index (κ2) is 10.6. The number of hydrogen-bond donors (Lipinski definition) is 1. The molecule has 8 heteroatoms. The van der Waals surface area contributed by atoms with E-state index in [-0.39, 0.29) is 11.3 Å². The van der Waals surface area contributed by atoms with Crippen molar-refractivity contribution in [2.75, 3.05) is 0 Å². The molecule has 39 heavy (non-hydrogen) atoms. The summed E-state index contributed by atoms with van der Waals surface area (Å²) in [7, 11) is 0. The predicted octanol–water partition coefficient (Wildman–Crippen LogP) is 5.60. The fourth-order valence-electron chi connectivity index (χ4n) is 5.47. The first-order valence-corrected chi connectivity index (χ1v) is 12.3. The van der Waals surface area contributed by atoms with E-state index < -0.39 is 47.4 Å². The van der Waals surface area contributed by atoms with E-state index >= 15 is 0 Å². The van der Waals surface area contributed by atoms with Crippen LogP contribution in [0, 0.1) is 24.5 Å². The number of carboxylic acids is 1. The number of rotatable bonds is 6. The largest absolute Gasteiger partial charge is 0.480 e. The summed E-state index contributed by atoms with van der Waals surface area (Å²) in [6, 6.07) is 17.8. The molecule has 1 aromatic heterocycles. The zero-order chi connectivity index (χ0) is 27.7. The fourth-order valence-corrected chi connectivity index (χ4v) is 5.47. The van der Waals surface area contributed by atoms with Gasteiger partial charge in [-0.2, -0.15) is 0 Å². The van der Waals surface area contributed by atoms with Crippen molar-refractivity contribution in [2.24, 2.45) is 5.92 Å². The molecule has 0 aliphatic carbocycles. The van der Waals surface area contributed by atoms with E-state index in [2.05, 4.69) is 4.98 Å². The number of nitrogens with zero attached hydrogens (tertiary/aromatic N) is 2. The number of aryl methyl sites for hydroxylation is 1. The van der Waals surface area contributed by atoms with Gasteiger partial charge in [-0.05, 0) is 66.6 Å². The number of carbonyl (C=O) groups is 3. The van der Waals surface area contributed by atoms with Crippen LogP contribution in [0.3, 0.4) is 0 Å². The van der Waals surface area contributed by atoms with E-state index in [4.69, 9.17) is 0 Å². The smallest absolute Gasteiger partial charge is 0.327 e. The van der Waals surface area contributed by atoms with E-state index in [1.165, 1.54) is 53.7 Å². The number of halogens is 2. The van der Waals surface area contributed by atoms with Crippen molar-refractivity contribution in [3.8, 4) is 0 Å². The number of hydrogen-bond acceptors (Lipinski definition) is 4. The maximum atomic E-state index is 14.3. The van der Waals surface area contributed by atoms with Gasteiger partial charge in [0.25, 0.3) is 5.91 Å². The maximum absolute atomic E-state index is 14.3. The quantitative estimate of drug-likeness (QED) is 0.331. The summed E-state index contributed by atoms with van der Waals surface area (Å²) in [4.78, 5) is 46.6. The van der Waals surface area contributed by atoms with Crippen LogP contribution in [0.25, 0.3) is 0 Å². The number of benzene rings is 3. The molecule has 0 spiro atoms. The van der Waals surface area contributed by atoms with E-state index in [1.807, 2.05) is 13.0 Å². The minimum Gasteiger partial charge on any atom is -0.480 e. The third kappa shape index (κ3) is 4.93. The van der Waals surface area contributed by atoms with Crippen molar-refractivity contribution in [1.29, 1.82) is 0 Å². The SMILES string of the molecule is Cc1cccc(C(=O)C2C(c3ccc(F)cc3)C(C(=O)O)N(C(=O)c3ccc(F)cc3)C2c2cccnc2)c1. The minimum atomic E-state index is -1.49. The van der Waals surface area contributed by atoms with E-state index in [1.54, 1.807) is 30.3 Å². The molecule has 1 saturated heterocycles. The lowest BCUT2D eigenvalue weighted by molar-refractivity contribution is -0.142. The zero-order valence-corrected chi connectivity index (χ0v) is 20.9. The van der Waals surface area contributed by atoms with Crippen LogP contribution in [0.1, 0.15) is 49.4 Å². The number of aromatic nitrogens is 1. The Labute approximate surface area is 223 Å². The van der Waals surface area contributed by atoms with Crippen LogP contribution < -0.4 is 0 Å². The van der Waals surface area contributed by atoms with Crippen molar-refractivity contribution < 1.29 is 28.3 Å². The molecule has 1 amide bonds. The Balaban J connectivity index is 1.77. The molecule has 0 saturated carbocycles. The van der Waals surface area contributed by atoms with Gasteiger partial charge in [-0.25, -0.2) is 13.6 Å². The third-order valence-electron chi connectivity index (χ3n) is 7.13. The first kappa shape index (κ1) is 25.9. The Morgan fingerprint density at radius 2 is 1.49 bits per heavy atom. The first-order valence-electron chi connectivity index (χ1n) is 12.3. The topological polar surface area (TPSA) is 87.6 Å². The zero-order valence-electron chi connectivity index (χ0n) is 20.9. The Hall–Kier alpha value is -4.72. The lowest BCUT2D eigenvalue weighted by Gasteiger charge is -2.30. The maximum Gasteiger partial charge on any atom is 0.327 e. The van der Waals surface area contributed by atoms with Crippen molar-refractivity contribution in [1.82, 2.24) is 9.88 Å². The number of carbonyl (C=O) groups excluding carboxylic acids is 2. The van der Waals surface area contributed by atoms with Crippen LogP contribution in [0.15, 0.2) is 97.3 Å². The Morgan fingerprint density at radius 3 is 2.08 bits per heavy atom. The van der Waals surface area contributed by atoms with Crippen LogP contribution >= 0.6 is 0 Å². The monoisotopic (exact) mass is 526 g/mol. The third-order valence-corrected chi connectivity index (χ3v) is 7.13. The van der Waals surface area contributed by atoms with Gasteiger partial charge in [-0.15, -0.1) is 0 Å². The summed E-state index contributed by atoms with van der Waals surface area (Å²) in [5.41, 5.74) is 2.14. The molecular formula is C31H24F2N2O4. The molecule has 1 N–H and O–H groups in total. The lowest BCUT2D eigenvalue weighted by atomic mass is 9.76. The normalized spacial score (nSPS) is 20.5. The highest BCUT2D eigenvalue weighted by molar-refractivity contribution is 6.03. The average molecular weight is 527 g/mol. The van der Waals surface area contributed by atoms with Crippen LogP contribution in [0.5, 0.6) is 0 Å². The number of pyridine rings is 1. The Morgan fingerprint density at radius 1 is 0.821 bits per heavy atom. The van der Waals surface area contributed by atoms with E-state index in [9.17, 15) is 28.3 Å². The van der Waals surface area contributed by atoms with Crippen LogP contribution in [0.4, 0.5) is 8.78 Å². The molecule has 4 aromatic rings. The predicted molar refractivity (Wildman–Crippen MR) is 139 cm³/mol. The first-order chi connectivity index (χ1) is 18.8. The molecule has 0 bridgehead atoms. The summed E-state index contributed by atoms with van der Waals surface area (Å²) in [5.74, 6) is -5.51. The minimum absolute atomic E-state index is 0.0676. The Kier molecular flexibility index (Phi) is 7.02. The summed E-state index contributed by atoms with van der Waals surface area (Å²) in [5, 5.41) is 10.5. The standard InChI is InChI=1S/C31H24F2N2O4/c1-18-4-2-5-21(16-18)29(36)26-25(19-7-11-23(32)12-8-19)28(31(38)39)35(27(26)22-6-3-15-34-17-22)30(37)20-9-13-24(33)14-10-20/h2-17,25-28H,1H3,(H,38,39). The van der Waals surface area contributed by atoms with Gasteiger partial charge in [-0.1, -0.05) is 42.0 Å². The summed E-state index contributed by atoms with van der Waals surface area (Å²) < 4.78 is 27.6. The van der Waals surface area contributed by atoms with Gasteiger partial charge in [0, 0.05) is 29.4 Å². The van der Waals surface area contributed by atoms with Gasteiger partial charge < -0.3 is 10.0 Å². The molecule has 5 rings (SSSR count). The summed E-state index contributed by atoms with van der Waals surface area (Å²) in [6.07, 6.45) is 3.03. The number of Topliss-reactive ketones (excluding diaryl/α,β-unsaturated/α-hetero) is 1. The molecule has 0 radical (unpaired) electrons. The lowest BCUT2D eigenvalue weighted by Crippen LogP contribution is -2.43. The van der Waals surface area contributed by atoms with Crippen molar-refractivity contribution in [2.45, 2.75) is 24.9 Å². The number of aliphatic carboxylic acids is 1. The molecule has 6 nitrogen and oxygen atoms in total. The Bertz CT molecular complexity index is 1520. The molecule has 4 unspecified atom stereocenters. The van der Waals surface area contributed by atoms with Crippen molar-refractivity contribution >= 4 is 17.7 Å². The van der Waals surface area contributed by atoms with Gasteiger partial charge in [0.1, 0.15) is 17.7 Å². The van der Waals surface area contributed by atoms with Gasteiger partial charge >= 0.3 is 5.97 Å². The van der Waals surface area contributed by atoms with Gasteiger partial charge in [0.15, 0.2) is 5.78 Å².